The van der Waals surface area contributed by atoms with Crippen LogP contribution in [0.25, 0.3) is 22.8 Å². The standard InChI is InChI=1S/C34H30F2N10O5/c35-25-5-9-27(10-6-25)37-31(47)21-45-41-33(39-43-45)23-1-13-29(14-2-23)50-19-17-49-18-20-51-30-15-3-24(4-16-30)34-40-44-46(42-34)22-32(48)38-28-11-7-26(36)8-12-28/h1-16H,17-22H2,(H,37,47)(H,38,48). The predicted molar refractivity (Wildman–Crippen MR) is 178 cm³/mol. The minimum atomic E-state index is -0.393. The molecule has 0 aliphatic carbocycles. The number of aromatic nitrogens is 8. The number of hydrogen-bond acceptors (Lipinski definition) is 11. The Bertz CT molecular complexity index is 1890. The molecule has 17 heteroatoms. The fourth-order valence-electron chi connectivity index (χ4n) is 4.52. The lowest BCUT2D eigenvalue weighted by Crippen LogP contribution is -2.20. The summed E-state index contributed by atoms with van der Waals surface area (Å²) >= 11 is 0. The van der Waals surface area contributed by atoms with Crippen LogP contribution in [0.2, 0.25) is 0 Å². The molecule has 0 bridgehead atoms. The lowest BCUT2D eigenvalue weighted by molar-refractivity contribution is -0.118. The largest absolute Gasteiger partial charge is 0.491 e. The quantitative estimate of drug-likeness (QED) is 0.140. The summed E-state index contributed by atoms with van der Waals surface area (Å²) in [5.74, 6) is 0.426. The molecule has 51 heavy (non-hydrogen) atoms. The first kappa shape index (κ1) is 34.3. The SMILES string of the molecule is O=C(Cn1nnc(-c2ccc(OCCOCCOc3ccc(-c4nnn(CC(=O)Nc5ccc(F)cc5)n4)cc3)cc2)n1)Nc1ccc(F)cc1. The normalized spacial score (nSPS) is 10.9. The highest BCUT2D eigenvalue weighted by Gasteiger charge is 2.12. The third-order valence-electron chi connectivity index (χ3n) is 6.95. The Morgan fingerprint density at radius 1 is 0.549 bits per heavy atom. The van der Waals surface area contributed by atoms with Gasteiger partial charge in [0.15, 0.2) is 0 Å². The smallest absolute Gasteiger partial charge is 0.248 e. The minimum absolute atomic E-state index is 0.154. The van der Waals surface area contributed by atoms with Crippen molar-refractivity contribution >= 4 is 23.2 Å². The van der Waals surface area contributed by atoms with Crippen molar-refractivity contribution in [3.63, 3.8) is 0 Å². The number of anilines is 2. The molecule has 4 aromatic carbocycles. The van der Waals surface area contributed by atoms with Gasteiger partial charge in [-0.25, -0.2) is 8.78 Å². The number of nitrogens with one attached hydrogen (secondary N) is 2. The van der Waals surface area contributed by atoms with Crippen molar-refractivity contribution in [3.8, 4) is 34.3 Å². The molecule has 15 nitrogen and oxygen atoms in total. The zero-order valence-corrected chi connectivity index (χ0v) is 26.9. The first-order valence-corrected chi connectivity index (χ1v) is 15.6. The van der Waals surface area contributed by atoms with Crippen molar-refractivity contribution in [1.82, 2.24) is 40.4 Å². The minimum Gasteiger partial charge on any atom is -0.491 e. The van der Waals surface area contributed by atoms with Gasteiger partial charge in [0, 0.05) is 22.5 Å². The average Bonchev–Trinajstić information content (AvgIpc) is 3.80. The fraction of sp³-hybridized carbons (Fsp3) is 0.176. The summed E-state index contributed by atoms with van der Waals surface area (Å²) in [5.41, 5.74) is 2.32. The zero-order valence-electron chi connectivity index (χ0n) is 26.9. The summed E-state index contributed by atoms with van der Waals surface area (Å²) < 4.78 is 43.2. The molecule has 0 aliphatic rings. The van der Waals surface area contributed by atoms with Crippen LogP contribution in [-0.2, 0) is 27.4 Å². The van der Waals surface area contributed by atoms with Crippen LogP contribution < -0.4 is 20.1 Å². The molecule has 0 atom stereocenters. The van der Waals surface area contributed by atoms with E-state index in [1.165, 1.54) is 58.1 Å². The van der Waals surface area contributed by atoms with E-state index in [-0.39, 0.29) is 24.9 Å². The number of carbonyl (C=O) groups is 2. The van der Waals surface area contributed by atoms with Crippen LogP contribution in [0.5, 0.6) is 11.5 Å². The molecule has 0 radical (unpaired) electrons. The van der Waals surface area contributed by atoms with Gasteiger partial charge < -0.3 is 24.8 Å². The van der Waals surface area contributed by atoms with E-state index in [1.54, 1.807) is 48.5 Å². The molecule has 2 aromatic heterocycles. The third kappa shape index (κ3) is 10.2. The third-order valence-corrected chi connectivity index (χ3v) is 6.95. The van der Waals surface area contributed by atoms with Gasteiger partial charge in [0.1, 0.15) is 49.4 Å². The maximum absolute atomic E-state index is 13.1. The van der Waals surface area contributed by atoms with Gasteiger partial charge in [-0.2, -0.15) is 9.59 Å². The molecule has 2 N–H and O–H groups in total. The molecule has 6 aromatic rings. The van der Waals surface area contributed by atoms with E-state index in [9.17, 15) is 18.4 Å². The summed E-state index contributed by atoms with van der Waals surface area (Å²) in [5, 5.41) is 29.6. The van der Waals surface area contributed by atoms with Gasteiger partial charge >= 0.3 is 0 Å². The van der Waals surface area contributed by atoms with Crippen molar-refractivity contribution in [2.45, 2.75) is 13.1 Å². The molecule has 0 unspecified atom stereocenters. The monoisotopic (exact) mass is 696 g/mol. The maximum atomic E-state index is 13.1. The summed E-state index contributed by atoms with van der Waals surface area (Å²) in [7, 11) is 0. The Kier molecular flexibility index (Phi) is 11.2. The van der Waals surface area contributed by atoms with Gasteiger partial charge in [0.05, 0.1) is 13.2 Å². The highest BCUT2D eigenvalue weighted by Crippen LogP contribution is 2.20. The van der Waals surface area contributed by atoms with Crippen molar-refractivity contribution in [2.24, 2.45) is 0 Å². The molecule has 6 rings (SSSR count). The van der Waals surface area contributed by atoms with Gasteiger partial charge in [-0.15, -0.1) is 20.4 Å². The van der Waals surface area contributed by atoms with Gasteiger partial charge in [-0.1, -0.05) is 0 Å². The van der Waals surface area contributed by atoms with Crippen LogP contribution in [-0.4, -0.2) is 78.7 Å². The molecule has 260 valence electrons. The van der Waals surface area contributed by atoms with E-state index in [0.717, 1.165) is 0 Å². The Morgan fingerprint density at radius 2 is 0.941 bits per heavy atom. The van der Waals surface area contributed by atoms with E-state index in [1.807, 2.05) is 0 Å². The lowest BCUT2D eigenvalue weighted by atomic mass is 10.2. The van der Waals surface area contributed by atoms with Crippen LogP contribution in [0, 0.1) is 11.6 Å². The summed E-state index contributed by atoms with van der Waals surface area (Å²) in [6.45, 7) is 1.04. The molecular formula is C34H30F2N10O5. The number of hydrogen-bond donors (Lipinski definition) is 2. The number of rotatable bonds is 16. The van der Waals surface area contributed by atoms with Gasteiger partial charge in [0.25, 0.3) is 0 Å². The molecule has 0 spiro atoms. The van der Waals surface area contributed by atoms with Crippen LogP contribution in [0.3, 0.4) is 0 Å². The Labute approximate surface area is 289 Å². The second-order valence-corrected chi connectivity index (χ2v) is 10.8. The fourth-order valence-corrected chi connectivity index (χ4v) is 4.52. The number of tetrazole rings is 2. The molecule has 0 saturated carbocycles. The number of halogens is 2. The van der Waals surface area contributed by atoms with Crippen LogP contribution in [0.4, 0.5) is 20.2 Å². The van der Waals surface area contributed by atoms with Crippen LogP contribution >= 0.6 is 0 Å². The van der Waals surface area contributed by atoms with E-state index < -0.39 is 11.6 Å². The first-order chi connectivity index (χ1) is 24.9. The number of carbonyl (C=O) groups excluding carboxylic acids is 2. The predicted octanol–water partition coefficient (Wildman–Crippen LogP) is 4.02. The first-order valence-electron chi connectivity index (χ1n) is 15.6. The number of nitrogens with zero attached hydrogens (tertiary/aromatic N) is 8. The molecular weight excluding hydrogens is 666 g/mol. The summed E-state index contributed by atoms with van der Waals surface area (Å²) in [6.07, 6.45) is 0. The Balaban J connectivity index is 0.850. The molecule has 0 fully saturated rings. The second-order valence-electron chi connectivity index (χ2n) is 10.8. The van der Waals surface area contributed by atoms with E-state index in [4.69, 9.17) is 14.2 Å². The van der Waals surface area contributed by atoms with Gasteiger partial charge in [-0.3, -0.25) is 9.59 Å². The highest BCUT2D eigenvalue weighted by molar-refractivity contribution is 5.90. The number of amides is 2. The molecule has 0 saturated heterocycles. The van der Waals surface area contributed by atoms with E-state index in [0.29, 0.717) is 72.1 Å². The van der Waals surface area contributed by atoms with Gasteiger partial charge in [-0.05, 0) is 107 Å². The zero-order chi connectivity index (χ0) is 35.4. The number of benzene rings is 4. The van der Waals surface area contributed by atoms with E-state index in [2.05, 4.69) is 41.5 Å². The Morgan fingerprint density at radius 3 is 1.33 bits per heavy atom. The average molecular weight is 697 g/mol. The van der Waals surface area contributed by atoms with Gasteiger partial charge in [0.2, 0.25) is 23.5 Å². The van der Waals surface area contributed by atoms with Crippen molar-refractivity contribution in [2.75, 3.05) is 37.1 Å². The summed E-state index contributed by atoms with van der Waals surface area (Å²) in [4.78, 5) is 26.8. The number of ether oxygens (including phenoxy) is 3. The van der Waals surface area contributed by atoms with Crippen LogP contribution in [0.15, 0.2) is 97.1 Å². The second kappa shape index (κ2) is 16.7. The van der Waals surface area contributed by atoms with Crippen molar-refractivity contribution < 1.29 is 32.6 Å². The Hall–Kier alpha value is -6.62. The van der Waals surface area contributed by atoms with Crippen molar-refractivity contribution in [3.05, 3.63) is 109 Å². The lowest BCUT2D eigenvalue weighted by Gasteiger charge is -2.09. The molecule has 2 amide bonds. The van der Waals surface area contributed by atoms with Crippen molar-refractivity contribution in [1.29, 1.82) is 0 Å². The van der Waals surface area contributed by atoms with E-state index >= 15 is 0 Å². The summed E-state index contributed by atoms with van der Waals surface area (Å²) in [6, 6.07) is 25.1. The topological polar surface area (TPSA) is 173 Å². The highest BCUT2D eigenvalue weighted by atomic mass is 19.1. The maximum Gasteiger partial charge on any atom is 0.248 e. The molecule has 2 heterocycles. The van der Waals surface area contributed by atoms with Crippen LogP contribution in [0.1, 0.15) is 0 Å². The molecule has 0 aliphatic heterocycles.